The number of hydrogen-bond acceptors (Lipinski definition) is 5. The van der Waals surface area contributed by atoms with Gasteiger partial charge in [0.15, 0.2) is 10.6 Å². The maximum Gasteiger partial charge on any atom is 0.198 e. The number of Topliss-reactive ketones (excluding diaryl/α,β-unsaturated/α-hetero) is 1. The lowest BCUT2D eigenvalue weighted by molar-refractivity contribution is 0.0803. The average molecular weight is 346 g/mol. The van der Waals surface area contributed by atoms with Gasteiger partial charge in [-0.2, -0.15) is 5.10 Å². The number of aryl methyl sites for hydroxylation is 1. The van der Waals surface area contributed by atoms with Crippen molar-refractivity contribution in [3.63, 3.8) is 0 Å². The van der Waals surface area contributed by atoms with E-state index in [2.05, 4.69) is 10.00 Å². The second-order valence-corrected chi connectivity index (χ2v) is 6.52. The highest BCUT2D eigenvalue weighted by Crippen LogP contribution is 2.23. The first-order valence-electron chi connectivity index (χ1n) is 8.07. The van der Waals surface area contributed by atoms with Crippen molar-refractivity contribution in [3.8, 4) is 5.75 Å². The van der Waals surface area contributed by atoms with Crippen LogP contribution in [0.25, 0.3) is 0 Å². The van der Waals surface area contributed by atoms with Gasteiger partial charge >= 0.3 is 0 Å². The Labute approximate surface area is 146 Å². The van der Waals surface area contributed by atoms with E-state index in [1.807, 2.05) is 40.6 Å². The maximum absolute atomic E-state index is 12.6. The van der Waals surface area contributed by atoms with Crippen LogP contribution in [0.3, 0.4) is 0 Å². The highest BCUT2D eigenvalue weighted by atomic mass is 32.1. The lowest BCUT2D eigenvalue weighted by atomic mass is 9.89. The van der Waals surface area contributed by atoms with E-state index in [-0.39, 0.29) is 11.7 Å². The van der Waals surface area contributed by atoms with Gasteiger partial charge in [-0.1, -0.05) is 0 Å². The fourth-order valence-corrected chi connectivity index (χ4v) is 3.19. The van der Waals surface area contributed by atoms with E-state index in [0.717, 1.165) is 37.2 Å². The monoisotopic (exact) mass is 346 g/mol. The van der Waals surface area contributed by atoms with E-state index < -0.39 is 0 Å². The summed E-state index contributed by atoms with van der Waals surface area (Å²) < 4.78 is 9.50. The SMILES string of the molecule is COc1ccc(C(=O)C2CCN(Cn3ncn(C)c3=S)CC2)cc1. The van der Waals surface area contributed by atoms with Crippen molar-refractivity contribution in [3.05, 3.63) is 40.9 Å². The van der Waals surface area contributed by atoms with Gasteiger partial charge in [0.25, 0.3) is 0 Å². The number of benzene rings is 1. The number of ether oxygens (including phenoxy) is 1. The number of nitrogens with zero attached hydrogens (tertiary/aromatic N) is 4. The summed E-state index contributed by atoms with van der Waals surface area (Å²) in [4.78, 5) is 14.9. The van der Waals surface area contributed by atoms with Gasteiger partial charge in [0.1, 0.15) is 12.1 Å². The van der Waals surface area contributed by atoms with Crippen molar-refractivity contribution < 1.29 is 9.53 Å². The third kappa shape index (κ3) is 3.57. The molecule has 24 heavy (non-hydrogen) atoms. The Morgan fingerprint density at radius 3 is 2.50 bits per heavy atom. The lowest BCUT2D eigenvalue weighted by Crippen LogP contribution is -2.37. The molecule has 128 valence electrons. The van der Waals surface area contributed by atoms with Crippen LogP contribution in [-0.2, 0) is 13.7 Å². The molecule has 0 radical (unpaired) electrons. The molecule has 0 atom stereocenters. The molecule has 1 aromatic carbocycles. The van der Waals surface area contributed by atoms with E-state index in [0.29, 0.717) is 11.4 Å². The smallest absolute Gasteiger partial charge is 0.198 e. The van der Waals surface area contributed by atoms with E-state index >= 15 is 0 Å². The number of carbonyl (C=O) groups excluding carboxylic acids is 1. The molecule has 0 saturated carbocycles. The second-order valence-electron chi connectivity index (χ2n) is 6.15. The number of rotatable bonds is 5. The van der Waals surface area contributed by atoms with Crippen molar-refractivity contribution in [2.24, 2.45) is 13.0 Å². The Morgan fingerprint density at radius 1 is 1.29 bits per heavy atom. The fourth-order valence-electron chi connectivity index (χ4n) is 3.03. The van der Waals surface area contributed by atoms with Crippen LogP contribution in [0.4, 0.5) is 0 Å². The number of likely N-dealkylation sites (tertiary alicyclic amines) is 1. The zero-order valence-corrected chi connectivity index (χ0v) is 14.8. The Morgan fingerprint density at radius 2 is 1.96 bits per heavy atom. The minimum absolute atomic E-state index is 0.0892. The predicted octanol–water partition coefficient (Wildman–Crippen LogP) is 2.51. The summed E-state index contributed by atoms with van der Waals surface area (Å²) in [6, 6.07) is 7.37. The molecule has 0 N–H and O–H groups in total. The van der Waals surface area contributed by atoms with Crippen LogP contribution < -0.4 is 4.74 Å². The molecule has 0 amide bonds. The lowest BCUT2D eigenvalue weighted by Gasteiger charge is -2.30. The summed E-state index contributed by atoms with van der Waals surface area (Å²) in [5.41, 5.74) is 0.765. The van der Waals surface area contributed by atoms with E-state index in [9.17, 15) is 4.79 Å². The van der Waals surface area contributed by atoms with Crippen molar-refractivity contribution in [1.82, 2.24) is 19.2 Å². The van der Waals surface area contributed by atoms with Crippen LogP contribution in [0.15, 0.2) is 30.6 Å². The second kappa shape index (κ2) is 7.27. The summed E-state index contributed by atoms with van der Waals surface area (Å²) in [6.07, 6.45) is 3.46. The largest absolute Gasteiger partial charge is 0.497 e. The Bertz CT molecular complexity index is 758. The van der Waals surface area contributed by atoms with E-state index in [1.54, 1.807) is 13.4 Å². The molecule has 1 fully saturated rings. The van der Waals surface area contributed by atoms with Crippen molar-refractivity contribution in [1.29, 1.82) is 0 Å². The molecule has 1 aliphatic heterocycles. The molecule has 0 spiro atoms. The van der Waals surface area contributed by atoms with Crippen molar-refractivity contribution in [2.75, 3.05) is 20.2 Å². The predicted molar refractivity (Wildman–Crippen MR) is 93.7 cm³/mol. The summed E-state index contributed by atoms with van der Waals surface area (Å²) in [5, 5.41) is 4.28. The molecule has 2 heterocycles. The first-order valence-corrected chi connectivity index (χ1v) is 8.48. The fraction of sp³-hybridized carbons (Fsp3) is 0.471. The molecule has 3 rings (SSSR count). The number of aromatic nitrogens is 3. The standard InChI is InChI=1S/C17H22N4O2S/c1-19-11-18-21(17(19)24)12-20-9-7-14(8-10-20)16(22)13-3-5-15(23-2)6-4-13/h3-6,11,14H,7-10,12H2,1-2H3. The van der Waals surface area contributed by atoms with Crippen molar-refractivity contribution >= 4 is 18.0 Å². The zero-order valence-electron chi connectivity index (χ0n) is 14.0. The molecular formula is C17H22N4O2S. The molecule has 6 nitrogen and oxygen atoms in total. The molecular weight excluding hydrogens is 324 g/mol. The third-order valence-electron chi connectivity index (χ3n) is 4.55. The number of carbonyl (C=O) groups is 1. The number of ketones is 1. The quantitative estimate of drug-likeness (QED) is 0.615. The van der Waals surface area contributed by atoms with Crippen LogP contribution in [0, 0.1) is 10.7 Å². The van der Waals surface area contributed by atoms with Crippen LogP contribution in [0.1, 0.15) is 23.2 Å². The molecule has 0 bridgehead atoms. The van der Waals surface area contributed by atoms with Crippen LogP contribution in [-0.4, -0.2) is 45.2 Å². The molecule has 7 heteroatoms. The maximum atomic E-state index is 12.6. The third-order valence-corrected chi connectivity index (χ3v) is 5.05. The number of hydrogen-bond donors (Lipinski definition) is 0. The van der Waals surface area contributed by atoms with Gasteiger partial charge in [-0.3, -0.25) is 9.69 Å². The van der Waals surface area contributed by atoms with Crippen LogP contribution in [0.5, 0.6) is 5.75 Å². The molecule has 1 saturated heterocycles. The van der Waals surface area contributed by atoms with Gasteiger partial charge in [0.05, 0.1) is 13.8 Å². The Balaban J connectivity index is 1.57. The van der Waals surface area contributed by atoms with E-state index in [4.69, 9.17) is 17.0 Å². The van der Waals surface area contributed by atoms with Gasteiger partial charge < -0.3 is 9.30 Å². The number of methoxy groups -OCH3 is 1. The molecule has 1 aliphatic rings. The minimum atomic E-state index is 0.0892. The molecule has 1 aromatic heterocycles. The van der Waals surface area contributed by atoms with Crippen LogP contribution in [0.2, 0.25) is 0 Å². The summed E-state index contributed by atoms with van der Waals surface area (Å²) >= 11 is 5.32. The topological polar surface area (TPSA) is 52.3 Å². The van der Waals surface area contributed by atoms with E-state index in [1.165, 1.54) is 0 Å². The highest BCUT2D eigenvalue weighted by molar-refractivity contribution is 7.71. The first-order chi connectivity index (χ1) is 11.6. The zero-order chi connectivity index (χ0) is 17.1. The normalized spacial score (nSPS) is 16.2. The van der Waals surface area contributed by atoms with Crippen molar-refractivity contribution in [2.45, 2.75) is 19.5 Å². The van der Waals surface area contributed by atoms with Gasteiger partial charge in [-0.25, -0.2) is 4.68 Å². The summed E-state index contributed by atoms with van der Waals surface area (Å²) in [5.74, 6) is 1.09. The molecule has 0 aliphatic carbocycles. The average Bonchev–Trinajstić information content (AvgIpc) is 2.94. The summed E-state index contributed by atoms with van der Waals surface area (Å²) in [7, 11) is 3.52. The summed E-state index contributed by atoms with van der Waals surface area (Å²) in [6.45, 7) is 2.44. The van der Waals surface area contributed by atoms with Crippen LogP contribution >= 0.6 is 12.2 Å². The van der Waals surface area contributed by atoms with Gasteiger partial charge in [-0.05, 0) is 49.3 Å². The minimum Gasteiger partial charge on any atom is -0.497 e. The first kappa shape index (κ1) is 16.9. The Hall–Kier alpha value is -1.99. The van der Waals surface area contributed by atoms with Gasteiger partial charge in [0.2, 0.25) is 0 Å². The molecule has 0 unspecified atom stereocenters. The Kier molecular flexibility index (Phi) is 5.11. The molecule has 2 aromatic rings. The van der Waals surface area contributed by atoms with Gasteiger partial charge in [-0.15, -0.1) is 0 Å². The number of piperidine rings is 1. The highest BCUT2D eigenvalue weighted by Gasteiger charge is 2.26. The van der Waals surface area contributed by atoms with Gasteiger partial charge in [0, 0.05) is 31.6 Å².